The van der Waals surface area contributed by atoms with Gasteiger partial charge in [-0.05, 0) is 25.3 Å². The van der Waals surface area contributed by atoms with Gasteiger partial charge in [-0.15, -0.1) is 23.1 Å². The lowest BCUT2D eigenvalue weighted by Crippen LogP contribution is -2.03. The van der Waals surface area contributed by atoms with Gasteiger partial charge in [0.1, 0.15) is 11.6 Å². The number of thiophene rings is 1. The van der Waals surface area contributed by atoms with Crippen molar-refractivity contribution in [1.82, 2.24) is 9.97 Å². The number of anilines is 1. The molecule has 1 N–H and O–H groups in total. The molecule has 3 nitrogen and oxygen atoms in total. The van der Waals surface area contributed by atoms with E-state index in [2.05, 4.69) is 39.7 Å². The average Bonchev–Trinajstić information content (AvgIpc) is 2.79. The molecule has 5 heteroatoms. The molecule has 0 aliphatic rings. The van der Waals surface area contributed by atoms with Crippen molar-refractivity contribution < 1.29 is 0 Å². The fraction of sp³-hybridized carbons (Fsp3) is 0.333. The summed E-state index contributed by atoms with van der Waals surface area (Å²) in [5.74, 6) is 2.63. The highest BCUT2D eigenvalue weighted by Crippen LogP contribution is 2.26. The molecule has 0 aromatic carbocycles. The molecule has 2 heterocycles. The maximum Gasteiger partial charge on any atom is 0.141 e. The van der Waals surface area contributed by atoms with Crippen LogP contribution in [0.4, 0.5) is 5.82 Å². The first-order chi connectivity index (χ1) is 8.28. The van der Waals surface area contributed by atoms with E-state index >= 15 is 0 Å². The number of thioether (sulfide) groups is 1. The van der Waals surface area contributed by atoms with E-state index in [0.717, 1.165) is 29.6 Å². The van der Waals surface area contributed by atoms with Gasteiger partial charge in [-0.2, -0.15) is 0 Å². The molecule has 0 saturated heterocycles. The molecular weight excluding hydrogens is 250 g/mol. The summed E-state index contributed by atoms with van der Waals surface area (Å²) in [5, 5.41) is 5.31. The van der Waals surface area contributed by atoms with Gasteiger partial charge in [-0.25, -0.2) is 9.97 Å². The highest BCUT2D eigenvalue weighted by molar-refractivity contribution is 8.00. The molecule has 2 rings (SSSR count). The standard InChI is InChI=1S/C12H15N3S2/c1-3-13-10-7-9(2)14-11(15-10)8-17-12-5-4-6-16-12/h4-7H,3,8H2,1-2H3,(H,13,14,15). The highest BCUT2D eigenvalue weighted by atomic mass is 32.2. The first kappa shape index (κ1) is 12.4. The minimum absolute atomic E-state index is 0.820. The lowest BCUT2D eigenvalue weighted by atomic mass is 10.4. The summed E-state index contributed by atoms with van der Waals surface area (Å²) >= 11 is 3.53. The third-order valence-electron chi connectivity index (χ3n) is 2.10. The molecule has 0 unspecified atom stereocenters. The Morgan fingerprint density at radius 2 is 2.29 bits per heavy atom. The van der Waals surface area contributed by atoms with E-state index < -0.39 is 0 Å². The van der Waals surface area contributed by atoms with Gasteiger partial charge in [-0.1, -0.05) is 6.07 Å². The van der Waals surface area contributed by atoms with E-state index in [1.165, 1.54) is 4.21 Å². The van der Waals surface area contributed by atoms with Crippen LogP contribution in [0.2, 0.25) is 0 Å². The molecular formula is C12H15N3S2. The normalized spacial score (nSPS) is 10.5. The Balaban J connectivity index is 2.04. The molecule has 0 radical (unpaired) electrons. The van der Waals surface area contributed by atoms with Crippen LogP contribution in [0.1, 0.15) is 18.4 Å². The fourth-order valence-corrected chi connectivity index (χ4v) is 3.09. The van der Waals surface area contributed by atoms with E-state index in [9.17, 15) is 0 Å². The van der Waals surface area contributed by atoms with Crippen LogP contribution in [0.15, 0.2) is 27.8 Å². The molecule has 2 aromatic heterocycles. The van der Waals surface area contributed by atoms with E-state index in [1.807, 2.05) is 13.0 Å². The fourth-order valence-electron chi connectivity index (χ4n) is 1.45. The Morgan fingerprint density at radius 3 is 3.00 bits per heavy atom. The molecule has 0 bridgehead atoms. The third-order valence-corrected chi connectivity index (χ3v) is 4.22. The molecule has 0 atom stereocenters. The molecule has 0 saturated carbocycles. The number of rotatable bonds is 5. The molecule has 0 amide bonds. The van der Waals surface area contributed by atoms with Gasteiger partial charge in [0.25, 0.3) is 0 Å². The van der Waals surface area contributed by atoms with Gasteiger partial charge in [0.05, 0.1) is 9.96 Å². The van der Waals surface area contributed by atoms with Crippen LogP contribution in [0.3, 0.4) is 0 Å². The van der Waals surface area contributed by atoms with Crippen molar-refractivity contribution in [1.29, 1.82) is 0 Å². The van der Waals surface area contributed by atoms with Crippen LogP contribution in [0.5, 0.6) is 0 Å². The Hall–Kier alpha value is -1.07. The maximum absolute atomic E-state index is 4.48. The summed E-state index contributed by atoms with van der Waals surface area (Å²) < 4.78 is 1.31. The molecule has 0 aliphatic heterocycles. The average molecular weight is 265 g/mol. The molecule has 0 spiro atoms. The number of aromatic nitrogens is 2. The van der Waals surface area contributed by atoms with Gasteiger partial charge in [-0.3, -0.25) is 0 Å². The second kappa shape index (κ2) is 6.02. The van der Waals surface area contributed by atoms with E-state index in [-0.39, 0.29) is 0 Å². The monoisotopic (exact) mass is 265 g/mol. The van der Waals surface area contributed by atoms with Crippen molar-refractivity contribution in [2.45, 2.75) is 23.8 Å². The summed E-state index contributed by atoms with van der Waals surface area (Å²) in [6.45, 7) is 4.95. The minimum atomic E-state index is 0.820. The van der Waals surface area contributed by atoms with E-state index in [4.69, 9.17) is 0 Å². The number of hydrogen-bond donors (Lipinski definition) is 1. The molecule has 0 aliphatic carbocycles. The lowest BCUT2D eigenvalue weighted by molar-refractivity contribution is 0.986. The maximum atomic E-state index is 4.48. The Morgan fingerprint density at radius 1 is 1.41 bits per heavy atom. The summed E-state index contributed by atoms with van der Waals surface area (Å²) in [6.07, 6.45) is 0. The zero-order valence-electron chi connectivity index (χ0n) is 9.93. The number of nitrogens with one attached hydrogen (secondary N) is 1. The number of hydrogen-bond acceptors (Lipinski definition) is 5. The van der Waals surface area contributed by atoms with Gasteiger partial charge in [0.2, 0.25) is 0 Å². The molecule has 0 fully saturated rings. The number of aryl methyl sites for hydroxylation is 1. The first-order valence-electron chi connectivity index (χ1n) is 5.52. The van der Waals surface area contributed by atoms with Gasteiger partial charge in [0.15, 0.2) is 0 Å². The molecule has 2 aromatic rings. The second-order valence-corrected chi connectivity index (χ2v) is 5.79. The Bertz CT molecular complexity index is 469. The minimum Gasteiger partial charge on any atom is -0.370 e. The summed E-state index contributed by atoms with van der Waals surface area (Å²) in [7, 11) is 0. The van der Waals surface area contributed by atoms with Crippen molar-refractivity contribution in [3.05, 3.63) is 35.1 Å². The van der Waals surface area contributed by atoms with Gasteiger partial charge in [0, 0.05) is 18.3 Å². The predicted octanol–water partition coefficient (Wildman–Crippen LogP) is 3.57. The Kier molecular flexibility index (Phi) is 4.39. The van der Waals surface area contributed by atoms with Crippen LogP contribution in [0.25, 0.3) is 0 Å². The van der Waals surface area contributed by atoms with Crippen LogP contribution < -0.4 is 5.32 Å². The van der Waals surface area contributed by atoms with Crippen molar-refractivity contribution in [2.24, 2.45) is 0 Å². The zero-order chi connectivity index (χ0) is 12.1. The van der Waals surface area contributed by atoms with Crippen LogP contribution in [0, 0.1) is 6.92 Å². The first-order valence-corrected chi connectivity index (χ1v) is 7.39. The topological polar surface area (TPSA) is 37.8 Å². The third kappa shape index (κ3) is 3.71. The van der Waals surface area contributed by atoms with Gasteiger partial charge >= 0.3 is 0 Å². The van der Waals surface area contributed by atoms with Crippen molar-refractivity contribution >= 4 is 28.9 Å². The predicted molar refractivity (Wildman–Crippen MR) is 74.8 cm³/mol. The Labute approximate surface area is 110 Å². The summed E-state index contributed by atoms with van der Waals surface area (Å²) in [5.41, 5.74) is 1.01. The zero-order valence-corrected chi connectivity index (χ0v) is 11.6. The van der Waals surface area contributed by atoms with Crippen LogP contribution in [-0.2, 0) is 5.75 Å². The SMILES string of the molecule is CCNc1cc(C)nc(CSc2cccs2)n1. The van der Waals surface area contributed by atoms with Crippen LogP contribution >= 0.6 is 23.1 Å². The molecule has 90 valence electrons. The van der Waals surface area contributed by atoms with E-state index in [0.29, 0.717) is 0 Å². The van der Waals surface area contributed by atoms with Crippen molar-refractivity contribution in [2.75, 3.05) is 11.9 Å². The van der Waals surface area contributed by atoms with Crippen molar-refractivity contribution in [3.63, 3.8) is 0 Å². The summed E-state index contributed by atoms with van der Waals surface area (Å²) in [6, 6.07) is 6.16. The van der Waals surface area contributed by atoms with Gasteiger partial charge < -0.3 is 5.32 Å². The molecule has 17 heavy (non-hydrogen) atoms. The number of nitrogens with zero attached hydrogens (tertiary/aromatic N) is 2. The lowest BCUT2D eigenvalue weighted by Gasteiger charge is -2.06. The smallest absolute Gasteiger partial charge is 0.141 e. The largest absolute Gasteiger partial charge is 0.370 e. The van der Waals surface area contributed by atoms with E-state index in [1.54, 1.807) is 23.1 Å². The van der Waals surface area contributed by atoms with Crippen molar-refractivity contribution in [3.8, 4) is 0 Å². The van der Waals surface area contributed by atoms with Crippen LogP contribution in [-0.4, -0.2) is 16.5 Å². The second-order valence-electron chi connectivity index (χ2n) is 3.56. The highest BCUT2D eigenvalue weighted by Gasteiger charge is 2.03. The summed E-state index contributed by atoms with van der Waals surface area (Å²) in [4.78, 5) is 8.93. The quantitative estimate of drug-likeness (QED) is 0.839.